The smallest absolute Gasteiger partial charge is 0.123 e. The van der Waals surface area contributed by atoms with Crippen molar-refractivity contribution in [1.82, 2.24) is 0 Å². The first-order chi connectivity index (χ1) is 14.8. The van der Waals surface area contributed by atoms with Crippen molar-refractivity contribution in [1.29, 1.82) is 0 Å². The molecule has 0 bridgehead atoms. The Labute approximate surface area is 195 Å². The molecule has 0 spiro atoms. The third kappa shape index (κ3) is 10.7. The summed E-state index contributed by atoms with van der Waals surface area (Å²) in [4.78, 5) is 0. The van der Waals surface area contributed by atoms with Gasteiger partial charge in [-0.25, -0.2) is 8.78 Å². The number of hydrogen-bond acceptors (Lipinski definition) is 1. The van der Waals surface area contributed by atoms with Crippen molar-refractivity contribution in [3.05, 3.63) is 136 Å². The number of nitrogens with two attached hydrogens (primary N) is 1. The normalized spacial score (nSPS) is 9.41. The van der Waals surface area contributed by atoms with Crippen LogP contribution in [0.4, 0.5) is 14.5 Å². The van der Waals surface area contributed by atoms with Crippen LogP contribution in [0.1, 0.15) is 29.7 Å². The molecule has 0 amide bonds. The summed E-state index contributed by atoms with van der Waals surface area (Å²) >= 11 is 5.61. The first-order valence-corrected chi connectivity index (χ1v) is 10.2. The largest absolute Gasteiger partial charge is 0.399 e. The molecule has 0 aromatic heterocycles. The van der Waals surface area contributed by atoms with Crippen molar-refractivity contribution in [2.75, 3.05) is 5.73 Å². The van der Waals surface area contributed by atoms with E-state index in [2.05, 4.69) is 31.2 Å². The van der Waals surface area contributed by atoms with Crippen LogP contribution in [0.25, 0.3) is 0 Å². The van der Waals surface area contributed by atoms with Crippen molar-refractivity contribution < 1.29 is 8.78 Å². The second-order valence-electron chi connectivity index (χ2n) is 7.14. The van der Waals surface area contributed by atoms with Crippen LogP contribution < -0.4 is 5.73 Å². The summed E-state index contributed by atoms with van der Waals surface area (Å²) in [6.07, 6.45) is 0.862. The van der Waals surface area contributed by atoms with Crippen molar-refractivity contribution >= 4 is 17.3 Å². The lowest BCUT2D eigenvalue weighted by Gasteiger charge is -2.02. The van der Waals surface area contributed by atoms with Gasteiger partial charge in [0.2, 0.25) is 0 Å². The average molecular weight is 454 g/mol. The minimum Gasteiger partial charge on any atom is -0.399 e. The molecule has 0 saturated carbocycles. The minimum atomic E-state index is -0.251. The Morgan fingerprint density at radius 2 is 0.938 bits per heavy atom. The molecule has 32 heavy (non-hydrogen) atoms. The number of benzene rings is 4. The first kappa shape index (κ1) is 26.9. The zero-order valence-corrected chi connectivity index (χ0v) is 18.4. The Morgan fingerprint density at radius 3 is 1.31 bits per heavy atom. The third-order valence-corrected chi connectivity index (χ3v) is 4.57. The molecule has 168 valence electrons. The maximum Gasteiger partial charge on any atom is 0.123 e. The monoisotopic (exact) mass is 453 g/mol. The molecule has 0 heterocycles. The molecule has 0 unspecified atom stereocenters. The molecule has 1 nitrogen and oxygen atoms in total. The number of rotatable bonds is 2. The van der Waals surface area contributed by atoms with Gasteiger partial charge in [0, 0.05) is 10.7 Å². The zero-order valence-electron chi connectivity index (χ0n) is 17.7. The number of aryl methyl sites for hydroxylation is 2. The predicted molar refractivity (Wildman–Crippen MR) is 134 cm³/mol. The van der Waals surface area contributed by atoms with Crippen LogP contribution in [-0.2, 0) is 6.42 Å². The van der Waals surface area contributed by atoms with E-state index in [0.29, 0.717) is 5.69 Å². The van der Waals surface area contributed by atoms with E-state index in [4.69, 9.17) is 17.3 Å². The molecule has 0 aliphatic rings. The maximum atomic E-state index is 12.7. The molecule has 4 aromatic rings. The zero-order chi connectivity index (χ0) is 22.6. The van der Waals surface area contributed by atoms with E-state index in [1.807, 2.05) is 43.3 Å². The first-order valence-electron chi connectivity index (χ1n) is 9.85. The highest BCUT2D eigenvalue weighted by Gasteiger charge is 1.96. The summed E-state index contributed by atoms with van der Waals surface area (Å²) in [5.74, 6) is -0.429. The third-order valence-electron chi connectivity index (χ3n) is 4.32. The summed E-state index contributed by atoms with van der Waals surface area (Å²) in [6, 6.07) is 28.5. The molecule has 0 saturated heterocycles. The van der Waals surface area contributed by atoms with Gasteiger partial charge in [0.05, 0.1) is 0 Å². The van der Waals surface area contributed by atoms with E-state index in [-0.39, 0.29) is 19.1 Å². The molecule has 4 rings (SSSR count). The topological polar surface area (TPSA) is 26.0 Å². The summed E-state index contributed by atoms with van der Waals surface area (Å²) in [6.45, 7) is 4.11. The average Bonchev–Trinajstić information content (AvgIpc) is 2.76. The Kier molecular flexibility index (Phi) is 11.8. The molecule has 0 aliphatic carbocycles. The van der Waals surface area contributed by atoms with Crippen molar-refractivity contribution in [3.63, 3.8) is 0 Å². The van der Waals surface area contributed by atoms with Gasteiger partial charge < -0.3 is 5.73 Å². The highest BCUT2D eigenvalue weighted by atomic mass is 35.5. The highest BCUT2D eigenvalue weighted by Crippen LogP contribution is 2.11. The van der Waals surface area contributed by atoms with Crippen LogP contribution in [0.15, 0.2) is 97.1 Å². The van der Waals surface area contributed by atoms with Crippen molar-refractivity contribution in [2.24, 2.45) is 0 Å². The fraction of sp³-hybridized carbons (Fsp3) is 0.143. The Balaban J connectivity index is 0.000000257. The fourth-order valence-electron chi connectivity index (χ4n) is 2.54. The second kappa shape index (κ2) is 14.0. The van der Waals surface area contributed by atoms with E-state index >= 15 is 0 Å². The maximum absolute atomic E-state index is 12.7. The number of nitrogen functional groups attached to an aromatic ring is 1. The number of hydrogen-bond donors (Lipinski definition) is 1. The Hall–Kier alpha value is -3.17. The standard InChI is InChI=1S/C14H13F.C7H7Cl.C6H6FN.CH4/c1-11-2-4-12(5-3-11)10-13-6-8-14(15)9-7-13;1-6-2-4-7(8)5-3-6;7-5-1-3-6(8)4-2-5;/h2-9H,10H2,1H3;2-5H,1H3;1-4H,8H2;1H4. The molecular formula is C28H30ClF2N. The van der Waals surface area contributed by atoms with E-state index in [1.165, 1.54) is 53.1 Å². The summed E-state index contributed by atoms with van der Waals surface area (Å²) < 4.78 is 24.7. The lowest BCUT2D eigenvalue weighted by atomic mass is 10.0. The SMILES string of the molecule is C.Cc1ccc(Cc2ccc(F)cc2)cc1.Cc1ccc(Cl)cc1.Nc1ccc(F)cc1. The highest BCUT2D eigenvalue weighted by molar-refractivity contribution is 6.30. The quantitative estimate of drug-likeness (QED) is 0.303. The van der Waals surface area contributed by atoms with E-state index in [9.17, 15) is 8.78 Å². The van der Waals surface area contributed by atoms with Crippen LogP contribution in [0.2, 0.25) is 5.02 Å². The van der Waals surface area contributed by atoms with Gasteiger partial charge in [0.15, 0.2) is 0 Å². The molecule has 0 fully saturated rings. The molecule has 4 heteroatoms. The van der Waals surface area contributed by atoms with Gasteiger partial charge in [0.25, 0.3) is 0 Å². The van der Waals surface area contributed by atoms with Crippen LogP contribution in [-0.4, -0.2) is 0 Å². The lowest BCUT2D eigenvalue weighted by Crippen LogP contribution is -1.88. The molecule has 0 atom stereocenters. The van der Waals surface area contributed by atoms with Crippen LogP contribution in [0.3, 0.4) is 0 Å². The molecule has 0 aliphatic heterocycles. The van der Waals surface area contributed by atoms with Crippen LogP contribution in [0.5, 0.6) is 0 Å². The molecular weight excluding hydrogens is 424 g/mol. The molecule has 0 radical (unpaired) electrons. The number of anilines is 1. The summed E-state index contributed by atoms with van der Waals surface area (Å²) in [5, 5.41) is 0.801. The van der Waals surface area contributed by atoms with Crippen molar-refractivity contribution in [2.45, 2.75) is 27.7 Å². The summed E-state index contributed by atoms with van der Waals surface area (Å²) in [7, 11) is 0. The van der Waals surface area contributed by atoms with Crippen LogP contribution in [0, 0.1) is 25.5 Å². The molecule has 4 aromatic carbocycles. The van der Waals surface area contributed by atoms with Gasteiger partial charge in [-0.05, 0) is 79.9 Å². The second-order valence-corrected chi connectivity index (χ2v) is 7.57. The van der Waals surface area contributed by atoms with Gasteiger partial charge in [-0.3, -0.25) is 0 Å². The van der Waals surface area contributed by atoms with E-state index < -0.39 is 0 Å². The van der Waals surface area contributed by atoms with Gasteiger partial charge in [0.1, 0.15) is 11.6 Å². The van der Waals surface area contributed by atoms with Gasteiger partial charge in [-0.15, -0.1) is 0 Å². The van der Waals surface area contributed by atoms with Crippen molar-refractivity contribution in [3.8, 4) is 0 Å². The van der Waals surface area contributed by atoms with Crippen LogP contribution >= 0.6 is 11.6 Å². The summed E-state index contributed by atoms with van der Waals surface area (Å²) in [5.41, 5.74) is 10.8. The van der Waals surface area contributed by atoms with Gasteiger partial charge in [-0.1, -0.05) is 78.7 Å². The van der Waals surface area contributed by atoms with Gasteiger partial charge in [-0.2, -0.15) is 0 Å². The van der Waals surface area contributed by atoms with E-state index in [0.717, 1.165) is 17.0 Å². The fourth-order valence-corrected chi connectivity index (χ4v) is 2.67. The Morgan fingerprint density at radius 1 is 0.594 bits per heavy atom. The van der Waals surface area contributed by atoms with Gasteiger partial charge >= 0.3 is 0 Å². The Bertz CT molecular complexity index is 898. The molecule has 2 N–H and O–H groups in total. The minimum absolute atomic E-state index is 0. The lowest BCUT2D eigenvalue weighted by molar-refractivity contribution is 0.627. The number of halogens is 3. The predicted octanol–water partition coefficient (Wildman–Crippen LogP) is 8.42. The van der Waals surface area contributed by atoms with E-state index in [1.54, 1.807) is 0 Å².